The molecule has 0 aliphatic carbocycles. The Hall–Kier alpha value is -2.21. The summed E-state index contributed by atoms with van der Waals surface area (Å²) in [6.07, 6.45) is 2.89. The number of carbonyl (C=O) groups excluding carboxylic acids is 1. The van der Waals surface area contributed by atoms with E-state index >= 15 is 0 Å². The van der Waals surface area contributed by atoms with Crippen LogP contribution in [-0.4, -0.2) is 28.9 Å². The zero-order chi connectivity index (χ0) is 15.4. The van der Waals surface area contributed by atoms with E-state index in [4.69, 9.17) is 4.74 Å². The van der Waals surface area contributed by atoms with Gasteiger partial charge in [0.15, 0.2) is 0 Å². The van der Waals surface area contributed by atoms with E-state index < -0.39 is 0 Å². The first-order valence-electron chi connectivity index (χ1n) is 7.34. The first-order chi connectivity index (χ1) is 10.7. The highest BCUT2D eigenvalue weighted by Gasteiger charge is 2.18. The number of halogens is 1. The van der Waals surface area contributed by atoms with Gasteiger partial charge >= 0.3 is 0 Å². The Morgan fingerprint density at radius 3 is 2.91 bits per heavy atom. The number of nitrogens with zero attached hydrogens (tertiary/aromatic N) is 2. The van der Waals surface area contributed by atoms with Crippen molar-refractivity contribution >= 4 is 11.7 Å². The fourth-order valence-electron chi connectivity index (χ4n) is 2.53. The Balaban J connectivity index is 1.59. The van der Waals surface area contributed by atoms with Crippen LogP contribution in [0, 0.1) is 11.7 Å². The first-order valence-corrected chi connectivity index (χ1v) is 7.34. The number of aromatic nitrogens is 2. The lowest BCUT2D eigenvalue weighted by Gasteiger charge is -2.12. The fraction of sp³-hybridized carbons (Fsp3) is 0.375. The molecule has 1 saturated heterocycles. The van der Waals surface area contributed by atoms with Crippen LogP contribution >= 0.6 is 0 Å². The number of rotatable bonds is 5. The van der Waals surface area contributed by atoms with Gasteiger partial charge in [0, 0.05) is 25.1 Å². The zero-order valence-corrected chi connectivity index (χ0v) is 12.2. The van der Waals surface area contributed by atoms with Crippen molar-refractivity contribution in [1.29, 1.82) is 0 Å². The van der Waals surface area contributed by atoms with Crippen LogP contribution in [0.15, 0.2) is 36.5 Å². The van der Waals surface area contributed by atoms with Crippen molar-refractivity contribution in [2.45, 2.75) is 19.4 Å². The van der Waals surface area contributed by atoms with Crippen molar-refractivity contribution < 1.29 is 13.9 Å². The van der Waals surface area contributed by atoms with Gasteiger partial charge in [0.25, 0.3) is 0 Å². The summed E-state index contributed by atoms with van der Waals surface area (Å²) < 4.78 is 20.0. The van der Waals surface area contributed by atoms with Gasteiger partial charge in [-0.25, -0.2) is 9.07 Å². The molecule has 1 N–H and O–H groups in total. The van der Waals surface area contributed by atoms with Gasteiger partial charge in [-0.3, -0.25) is 4.79 Å². The SMILES string of the molecule is O=C(Cc1ccc(F)cc1)Nc1ccnn1C[C@H]1CCOC1. The Kier molecular flexibility index (Phi) is 4.48. The molecule has 22 heavy (non-hydrogen) atoms. The third-order valence-corrected chi connectivity index (χ3v) is 3.72. The van der Waals surface area contributed by atoms with E-state index in [0.717, 1.165) is 31.7 Å². The first kappa shape index (κ1) is 14.7. The minimum atomic E-state index is -0.305. The Morgan fingerprint density at radius 2 is 2.18 bits per heavy atom. The van der Waals surface area contributed by atoms with Gasteiger partial charge in [-0.2, -0.15) is 5.10 Å². The molecule has 1 aliphatic rings. The molecule has 1 aliphatic heterocycles. The zero-order valence-electron chi connectivity index (χ0n) is 12.2. The monoisotopic (exact) mass is 303 g/mol. The summed E-state index contributed by atoms with van der Waals surface area (Å²) in [5, 5.41) is 7.10. The number of benzene rings is 1. The molecule has 0 radical (unpaired) electrons. The van der Waals surface area contributed by atoms with Crippen LogP contribution in [0.2, 0.25) is 0 Å². The molecular formula is C16H18FN3O2. The third-order valence-electron chi connectivity index (χ3n) is 3.72. The van der Waals surface area contributed by atoms with Crippen molar-refractivity contribution in [3.05, 3.63) is 47.9 Å². The summed E-state index contributed by atoms with van der Waals surface area (Å²) in [6.45, 7) is 2.26. The largest absolute Gasteiger partial charge is 0.381 e. The third kappa shape index (κ3) is 3.71. The average molecular weight is 303 g/mol. The van der Waals surface area contributed by atoms with Gasteiger partial charge in [-0.05, 0) is 24.1 Å². The molecule has 0 bridgehead atoms. The molecule has 1 amide bonds. The van der Waals surface area contributed by atoms with Gasteiger partial charge in [0.05, 0.1) is 19.2 Å². The number of hydrogen-bond donors (Lipinski definition) is 1. The van der Waals surface area contributed by atoms with Crippen LogP contribution in [0.3, 0.4) is 0 Å². The van der Waals surface area contributed by atoms with Crippen molar-refractivity contribution in [1.82, 2.24) is 9.78 Å². The molecule has 1 aromatic heterocycles. The molecule has 1 atom stereocenters. The summed E-state index contributed by atoms with van der Waals surface area (Å²) in [6, 6.07) is 7.71. The van der Waals surface area contributed by atoms with E-state index in [1.54, 1.807) is 29.1 Å². The van der Waals surface area contributed by atoms with Crippen LogP contribution < -0.4 is 5.32 Å². The van der Waals surface area contributed by atoms with Gasteiger partial charge in [-0.1, -0.05) is 12.1 Å². The molecule has 1 fully saturated rings. The van der Waals surface area contributed by atoms with Crippen LogP contribution in [0.1, 0.15) is 12.0 Å². The van der Waals surface area contributed by atoms with Crippen LogP contribution in [0.4, 0.5) is 10.2 Å². The number of hydrogen-bond acceptors (Lipinski definition) is 3. The highest BCUT2D eigenvalue weighted by Crippen LogP contribution is 2.17. The summed E-state index contributed by atoms with van der Waals surface area (Å²) >= 11 is 0. The lowest BCUT2D eigenvalue weighted by molar-refractivity contribution is -0.115. The van der Waals surface area contributed by atoms with Crippen molar-refractivity contribution in [3.63, 3.8) is 0 Å². The maximum absolute atomic E-state index is 12.9. The van der Waals surface area contributed by atoms with Crippen molar-refractivity contribution in [2.24, 2.45) is 5.92 Å². The van der Waals surface area contributed by atoms with Crippen molar-refractivity contribution in [3.8, 4) is 0 Å². The van der Waals surface area contributed by atoms with Crippen LogP contribution in [0.5, 0.6) is 0 Å². The molecule has 116 valence electrons. The molecule has 2 heterocycles. The van der Waals surface area contributed by atoms with Gasteiger partial charge in [0.1, 0.15) is 11.6 Å². The Morgan fingerprint density at radius 1 is 1.36 bits per heavy atom. The summed E-state index contributed by atoms with van der Waals surface area (Å²) in [5.41, 5.74) is 0.772. The number of anilines is 1. The maximum Gasteiger partial charge on any atom is 0.229 e. The lowest BCUT2D eigenvalue weighted by Crippen LogP contribution is -2.20. The Labute approximate surface area is 128 Å². The van der Waals surface area contributed by atoms with E-state index in [9.17, 15) is 9.18 Å². The predicted molar refractivity (Wildman–Crippen MR) is 79.9 cm³/mol. The molecule has 5 nitrogen and oxygen atoms in total. The summed E-state index contributed by atoms with van der Waals surface area (Å²) in [7, 11) is 0. The molecular weight excluding hydrogens is 285 g/mol. The van der Waals surface area contributed by atoms with Crippen molar-refractivity contribution in [2.75, 3.05) is 18.5 Å². The molecule has 3 rings (SSSR count). The van der Waals surface area contributed by atoms with Crippen LogP contribution in [0.25, 0.3) is 0 Å². The van der Waals surface area contributed by atoms with E-state index in [2.05, 4.69) is 10.4 Å². The van der Waals surface area contributed by atoms with Crippen LogP contribution in [-0.2, 0) is 22.5 Å². The second-order valence-corrected chi connectivity index (χ2v) is 5.48. The number of ether oxygens (including phenoxy) is 1. The summed E-state index contributed by atoms with van der Waals surface area (Å²) in [5.74, 6) is 0.670. The topological polar surface area (TPSA) is 56.2 Å². The minimum absolute atomic E-state index is 0.143. The second kappa shape index (κ2) is 6.70. The molecule has 2 aromatic rings. The minimum Gasteiger partial charge on any atom is -0.381 e. The average Bonchev–Trinajstić information content (AvgIpc) is 3.15. The lowest BCUT2D eigenvalue weighted by atomic mass is 10.1. The van der Waals surface area contributed by atoms with E-state index in [1.807, 2.05) is 0 Å². The Bertz CT molecular complexity index is 633. The maximum atomic E-state index is 12.9. The number of nitrogens with one attached hydrogen (secondary N) is 1. The highest BCUT2D eigenvalue weighted by molar-refractivity contribution is 5.91. The molecule has 6 heteroatoms. The number of amides is 1. The molecule has 1 aromatic carbocycles. The second-order valence-electron chi connectivity index (χ2n) is 5.48. The molecule has 0 saturated carbocycles. The van der Waals surface area contributed by atoms with Gasteiger partial charge in [0.2, 0.25) is 5.91 Å². The quantitative estimate of drug-likeness (QED) is 0.921. The van der Waals surface area contributed by atoms with E-state index in [-0.39, 0.29) is 18.1 Å². The van der Waals surface area contributed by atoms with Gasteiger partial charge < -0.3 is 10.1 Å². The highest BCUT2D eigenvalue weighted by atomic mass is 19.1. The molecule has 0 spiro atoms. The standard InChI is InChI=1S/C16H18FN3O2/c17-14-3-1-12(2-4-14)9-16(21)19-15-5-7-18-20(15)10-13-6-8-22-11-13/h1-5,7,13H,6,8-11H2,(H,19,21)/t13-/m1/s1. The van der Waals surface area contributed by atoms with Gasteiger partial charge in [-0.15, -0.1) is 0 Å². The van der Waals surface area contributed by atoms with E-state index in [1.165, 1.54) is 12.1 Å². The fourth-order valence-corrected chi connectivity index (χ4v) is 2.53. The predicted octanol–water partition coefficient (Wildman–Crippen LogP) is 2.24. The molecule has 0 unspecified atom stereocenters. The number of carbonyl (C=O) groups is 1. The smallest absolute Gasteiger partial charge is 0.229 e. The van der Waals surface area contributed by atoms with E-state index in [0.29, 0.717) is 11.7 Å². The normalized spacial score (nSPS) is 17.6. The summed E-state index contributed by atoms with van der Waals surface area (Å²) in [4.78, 5) is 12.1.